The van der Waals surface area contributed by atoms with Crippen molar-refractivity contribution in [3.63, 3.8) is 0 Å². The third-order valence-electron chi connectivity index (χ3n) is 4.85. The molecule has 0 unspecified atom stereocenters. The first-order valence-electron chi connectivity index (χ1n) is 9.75. The highest BCUT2D eigenvalue weighted by Crippen LogP contribution is 2.33. The molecule has 0 amide bonds. The van der Waals surface area contributed by atoms with Crippen molar-refractivity contribution in [1.29, 1.82) is 0 Å². The van der Waals surface area contributed by atoms with Gasteiger partial charge in [0, 0.05) is 12.4 Å². The Balaban J connectivity index is 1.58. The maximum atomic E-state index is 14.8. The van der Waals surface area contributed by atoms with E-state index in [4.69, 9.17) is 32.7 Å². The number of hydrogen-bond donors (Lipinski definition) is 0. The molecule has 15 heteroatoms. The Hall–Kier alpha value is -3.58. The van der Waals surface area contributed by atoms with Gasteiger partial charge >= 0.3 is 11.6 Å². The Bertz CT molecular complexity index is 1390. The molecule has 0 aliphatic carbocycles. The van der Waals surface area contributed by atoms with Crippen LogP contribution in [0.2, 0.25) is 10.3 Å². The normalized spacial score (nSPS) is 12.2. The van der Waals surface area contributed by atoms with E-state index in [2.05, 4.69) is 25.0 Å². The molecule has 34 heavy (non-hydrogen) atoms. The molecule has 0 radical (unpaired) electrons. The third-order valence-corrected chi connectivity index (χ3v) is 5.33. The lowest BCUT2D eigenvalue weighted by molar-refractivity contribution is -0.386. The van der Waals surface area contributed by atoms with Crippen LogP contribution in [0.4, 0.5) is 10.1 Å². The summed E-state index contributed by atoms with van der Waals surface area (Å²) in [5.74, 6) is 0.259. The number of halogens is 3. The van der Waals surface area contributed by atoms with E-state index in [1.807, 2.05) is 0 Å². The quantitative estimate of drug-likeness (QED) is 0.197. The number of alkyl halides is 1. The molecule has 0 saturated carbocycles. The van der Waals surface area contributed by atoms with Crippen LogP contribution in [-0.4, -0.2) is 59.1 Å². The van der Waals surface area contributed by atoms with Crippen LogP contribution >= 0.6 is 23.2 Å². The van der Waals surface area contributed by atoms with E-state index in [-0.39, 0.29) is 35.0 Å². The molecule has 0 saturated heterocycles. The fourth-order valence-electron chi connectivity index (χ4n) is 3.33. The number of nitrogens with zero attached hydrogens (tertiary/aromatic N) is 8. The lowest BCUT2D eigenvalue weighted by atomic mass is 10.3. The molecule has 1 atom stereocenters. The Kier molecular flexibility index (Phi) is 6.48. The summed E-state index contributed by atoms with van der Waals surface area (Å²) in [5, 5.41) is 16.7. The zero-order chi connectivity index (χ0) is 24.6. The van der Waals surface area contributed by atoms with E-state index in [0.717, 1.165) is 0 Å². The summed E-state index contributed by atoms with van der Waals surface area (Å²) < 4.78 is 28.2. The first-order valence-corrected chi connectivity index (χ1v) is 10.5. The molecule has 0 aliphatic rings. The molecular formula is C19H17Cl2FN8O4. The van der Waals surface area contributed by atoms with Gasteiger partial charge in [-0.3, -0.25) is 10.1 Å². The van der Waals surface area contributed by atoms with Gasteiger partial charge in [0.15, 0.2) is 6.17 Å². The van der Waals surface area contributed by atoms with Gasteiger partial charge in [-0.25, -0.2) is 19.0 Å². The van der Waals surface area contributed by atoms with E-state index in [9.17, 15) is 14.5 Å². The van der Waals surface area contributed by atoms with Crippen molar-refractivity contribution in [2.24, 2.45) is 0 Å². The van der Waals surface area contributed by atoms with Crippen molar-refractivity contribution in [2.75, 3.05) is 13.7 Å². The van der Waals surface area contributed by atoms with Crippen LogP contribution in [0.3, 0.4) is 0 Å². The maximum absolute atomic E-state index is 14.8. The molecule has 0 aliphatic heterocycles. The minimum atomic E-state index is -1.58. The molecule has 0 N–H and O–H groups in total. The Morgan fingerprint density at radius 1 is 1.21 bits per heavy atom. The van der Waals surface area contributed by atoms with E-state index in [1.165, 1.54) is 41.9 Å². The summed E-state index contributed by atoms with van der Waals surface area (Å²) in [6, 6.07) is 0. The molecule has 4 rings (SSSR count). The van der Waals surface area contributed by atoms with Crippen molar-refractivity contribution < 1.29 is 18.8 Å². The number of hydrogen-bond acceptors (Lipinski definition) is 9. The highest BCUT2D eigenvalue weighted by Gasteiger charge is 2.29. The van der Waals surface area contributed by atoms with Crippen molar-refractivity contribution in [1.82, 2.24) is 34.3 Å². The molecule has 0 spiro atoms. The zero-order valence-corrected chi connectivity index (χ0v) is 19.6. The molecule has 0 aromatic carbocycles. The average Bonchev–Trinajstić information content (AvgIpc) is 3.28. The highest BCUT2D eigenvalue weighted by molar-refractivity contribution is 6.35. The summed E-state index contributed by atoms with van der Waals surface area (Å²) in [6.07, 6.45) is 2.77. The van der Waals surface area contributed by atoms with Gasteiger partial charge in [-0.15, -0.1) is 5.10 Å². The van der Waals surface area contributed by atoms with E-state index in [0.29, 0.717) is 21.9 Å². The number of fused-ring (bicyclic) bond motifs is 1. The third kappa shape index (κ3) is 4.43. The maximum Gasteiger partial charge on any atom is 0.353 e. The SMILES string of the molecule is COc1nc(C)ncc1-n1nc(OC[C@@H](F)Cn2cc(Cl)c3cnc(Cl)nc32)c([N+](=O)[O-])c1C. The van der Waals surface area contributed by atoms with Crippen molar-refractivity contribution >= 4 is 39.9 Å². The fraction of sp³-hybridized carbons (Fsp3) is 0.316. The summed E-state index contributed by atoms with van der Waals surface area (Å²) >= 11 is 12.0. The summed E-state index contributed by atoms with van der Waals surface area (Å²) in [4.78, 5) is 27.2. The van der Waals surface area contributed by atoms with Crippen LogP contribution in [0.1, 0.15) is 11.5 Å². The largest absolute Gasteiger partial charge is 0.479 e. The van der Waals surface area contributed by atoms with Gasteiger partial charge in [-0.1, -0.05) is 11.6 Å². The molecule has 4 aromatic rings. The van der Waals surface area contributed by atoms with Gasteiger partial charge in [0.25, 0.3) is 0 Å². The second-order valence-electron chi connectivity index (χ2n) is 7.13. The second kappa shape index (κ2) is 9.35. The first kappa shape index (κ1) is 23.6. The number of aryl methyl sites for hydroxylation is 1. The molecule has 4 aromatic heterocycles. The number of rotatable bonds is 8. The van der Waals surface area contributed by atoms with E-state index in [1.54, 1.807) is 6.92 Å². The number of ether oxygens (including phenoxy) is 2. The van der Waals surface area contributed by atoms with E-state index < -0.39 is 23.4 Å². The molecule has 12 nitrogen and oxygen atoms in total. The average molecular weight is 511 g/mol. The number of aromatic nitrogens is 7. The summed E-state index contributed by atoms with van der Waals surface area (Å²) in [5.41, 5.74) is 0.343. The lowest BCUT2D eigenvalue weighted by Crippen LogP contribution is -2.20. The van der Waals surface area contributed by atoms with Crippen molar-refractivity contribution in [2.45, 2.75) is 26.6 Å². The van der Waals surface area contributed by atoms with Crippen LogP contribution in [-0.2, 0) is 6.54 Å². The minimum Gasteiger partial charge on any atom is -0.479 e. The monoisotopic (exact) mass is 510 g/mol. The Morgan fingerprint density at radius 3 is 2.68 bits per heavy atom. The summed E-state index contributed by atoms with van der Waals surface area (Å²) in [7, 11) is 1.40. The highest BCUT2D eigenvalue weighted by atomic mass is 35.5. The van der Waals surface area contributed by atoms with Crippen LogP contribution < -0.4 is 9.47 Å². The molecular weight excluding hydrogens is 494 g/mol. The van der Waals surface area contributed by atoms with Gasteiger partial charge in [0.05, 0.1) is 35.2 Å². The number of nitro groups is 1. The molecule has 0 bridgehead atoms. The van der Waals surface area contributed by atoms with E-state index >= 15 is 0 Å². The smallest absolute Gasteiger partial charge is 0.353 e. The Labute approximate surface area is 201 Å². The van der Waals surface area contributed by atoms with Crippen molar-refractivity contribution in [3.05, 3.63) is 50.5 Å². The first-order chi connectivity index (χ1) is 16.2. The molecule has 178 valence electrons. The van der Waals surface area contributed by atoms with Gasteiger partial charge < -0.3 is 14.0 Å². The topological polar surface area (TPSA) is 136 Å². The van der Waals surface area contributed by atoms with Gasteiger partial charge in [0.1, 0.15) is 29.5 Å². The minimum absolute atomic E-state index is 0.0117. The van der Waals surface area contributed by atoms with Gasteiger partial charge in [0.2, 0.25) is 11.2 Å². The van der Waals surface area contributed by atoms with Crippen LogP contribution in [0, 0.1) is 24.0 Å². The van der Waals surface area contributed by atoms with Gasteiger partial charge in [-0.2, -0.15) is 9.97 Å². The number of methoxy groups -OCH3 is 1. The van der Waals surface area contributed by atoms with Crippen LogP contribution in [0.25, 0.3) is 16.7 Å². The lowest BCUT2D eigenvalue weighted by Gasteiger charge is -2.10. The van der Waals surface area contributed by atoms with Crippen LogP contribution in [0.5, 0.6) is 11.8 Å². The Morgan fingerprint density at radius 2 is 1.97 bits per heavy atom. The van der Waals surface area contributed by atoms with Crippen LogP contribution in [0.15, 0.2) is 18.6 Å². The van der Waals surface area contributed by atoms with Crippen molar-refractivity contribution in [3.8, 4) is 17.4 Å². The fourth-order valence-corrected chi connectivity index (χ4v) is 3.71. The summed E-state index contributed by atoms with van der Waals surface area (Å²) in [6.45, 7) is 2.43. The molecule has 0 fully saturated rings. The predicted octanol–water partition coefficient (Wildman–Crippen LogP) is 3.66. The van der Waals surface area contributed by atoms with Gasteiger partial charge in [-0.05, 0) is 25.4 Å². The molecule has 4 heterocycles. The second-order valence-corrected chi connectivity index (χ2v) is 7.88. The zero-order valence-electron chi connectivity index (χ0n) is 18.1. The predicted molar refractivity (Wildman–Crippen MR) is 120 cm³/mol. The standard InChI is InChI=1S/C19H17Cl2FN8O4/c1-9-15(30(31)32)18(27-29(9)14-5-23-10(2)25-17(14)33-3)34-8-11(22)6-28-7-13(20)12-4-24-19(21)26-16(12)28/h4-5,7,11H,6,8H2,1-3H3/t11-/m0/s1.